The molecule has 2 N–H and O–H groups in total. The molecule has 0 bridgehead atoms. The summed E-state index contributed by atoms with van der Waals surface area (Å²) >= 11 is 0. The summed E-state index contributed by atoms with van der Waals surface area (Å²) in [5.41, 5.74) is 2.72. The number of phenolic OH excluding ortho intramolecular Hbond substituents is 1. The van der Waals surface area contributed by atoms with Crippen LogP contribution in [0.3, 0.4) is 0 Å². The maximum atomic E-state index is 12.5. The van der Waals surface area contributed by atoms with E-state index >= 15 is 0 Å². The predicted octanol–water partition coefficient (Wildman–Crippen LogP) is 4.81. The second-order valence-electron chi connectivity index (χ2n) is 8.42. The van der Waals surface area contributed by atoms with E-state index < -0.39 is 0 Å². The minimum atomic E-state index is -0.130. The quantitative estimate of drug-likeness (QED) is 0.622. The third kappa shape index (κ3) is 6.23. The summed E-state index contributed by atoms with van der Waals surface area (Å²) in [4.78, 5) is 24.3. The largest absolute Gasteiger partial charge is 0.504 e. The zero-order valence-electron chi connectivity index (χ0n) is 18.4. The van der Waals surface area contributed by atoms with Crippen LogP contribution in [0.2, 0.25) is 0 Å². The first-order valence-electron chi connectivity index (χ1n) is 10.8. The fourth-order valence-electron chi connectivity index (χ4n) is 3.91. The van der Waals surface area contributed by atoms with Crippen LogP contribution >= 0.6 is 0 Å². The van der Waals surface area contributed by atoms with Gasteiger partial charge in [0, 0.05) is 5.69 Å². The van der Waals surface area contributed by atoms with Crippen molar-refractivity contribution in [3.8, 4) is 11.5 Å². The van der Waals surface area contributed by atoms with Gasteiger partial charge in [0.15, 0.2) is 11.5 Å². The van der Waals surface area contributed by atoms with Gasteiger partial charge in [-0.15, -0.1) is 0 Å². The van der Waals surface area contributed by atoms with Gasteiger partial charge in [-0.05, 0) is 67.0 Å². The van der Waals surface area contributed by atoms with E-state index in [2.05, 4.69) is 11.4 Å². The fourth-order valence-corrected chi connectivity index (χ4v) is 3.91. The van der Waals surface area contributed by atoms with Crippen molar-refractivity contribution >= 4 is 17.6 Å². The summed E-state index contributed by atoms with van der Waals surface area (Å²) in [6, 6.07) is 12.9. The summed E-state index contributed by atoms with van der Waals surface area (Å²) in [6.07, 6.45) is 3.84. The number of benzene rings is 2. The lowest BCUT2D eigenvalue weighted by Gasteiger charge is -2.29. The molecule has 0 radical (unpaired) electrons. The molecule has 0 heterocycles. The van der Waals surface area contributed by atoms with Crippen LogP contribution in [0.15, 0.2) is 42.5 Å². The Balaban J connectivity index is 1.56. The van der Waals surface area contributed by atoms with Crippen molar-refractivity contribution in [3.05, 3.63) is 53.6 Å². The smallest absolute Gasteiger partial charge is 0.308 e. The van der Waals surface area contributed by atoms with E-state index in [1.807, 2.05) is 32.0 Å². The molecule has 1 saturated carbocycles. The molecule has 0 saturated heterocycles. The van der Waals surface area contributed by atoms with E-state index in [0.717, 1.165) is 36.9 Å². The zero-order chi connectivity index (χ0) is 22.4. The Labute approximate surface area is 183 Å². The number of rotatable bonds is 7. The maximum absolute atomic E-state index is 12.5. The Morgan fingerprint density at radius 1 is 1.10 bits per heavy atom. The van der Waals surface area contributed by atoms with Gasteiger partial charge in [-0.3, -0.25) is 9.59 Å². The average molecular weight is 426 g/mol. The number of amides is 1. The number of phenols is 1. The minimum Gasteiger partial charge on any atom is -0.504 e. The molecule has 0 aromatic heterocycles. The van der Waals surface area contributed by atoms with E-state index in [-0.39, 0.29) is 36.1 Å². The Kier molecular flexibility index (Phi) is 7.55. The van der Waals surface area contributed by atoms with Gasteiger partial charge < -0.3 is 19.9 Å². The number of aromatic hydroxyl groups is 1. The number of hydrogen-bond donors (Lipinski definition) is 2. The molecule has 31 heavy (non-hydrogen) atoms. The molecule has 6 nitrogen and oxygen atoms in total. The minimum absolute atomic E-state index is 0.0105. The van der Waals surface area contributed by atoms with Crippen LogP contribution in [0.5, 0.6) is 11.5 Å². The van der Waals surface area contributed by atoms with Crippen LogP contribution in [-0.2, 0) is 20.7 Å². The first-order chi connectivity index (χ1) is 14.9. The highest BCUT2D eigenvalue weighted by molar-refractivity contribution is 5.92. The molecule has 0 aliphatic heterocycles. The standard InChI is InChI=1S/C25H31NO5/c1-16(2)25(29)31-21-10-8-18(9-11-21)19-5-4-6-20(15-19)26-24(28)14-17-7-12-22(27)23(13-17)30-3/h4-7,12-13,15-16,18,21,27H,8-11,14H2,1-3H3,(H,26,28)/t18-,21-. The Morgan fingerprint density at radius 3 is 2.52 bits per heavy atom. The molecule has 0 unspecified atom stereocenters. The Bertz CT molecular complexity index is 916. The number of methoxy groups -OCH3 is 1. The lowest BCUT2D eigenvalue weighted by atomic mass is 9.82. The molecule has 2 aromatic carbocycles. The lowest BCUT2D eigenvalue weighted by molar-refractivity contribution is -0.154. The van der Waals surface area contributed by atoms with Gasteiger partial charge in [-0.25, -0.2) is 0 Å². The molecular formula is C25H31NO5. The van der Waals surface area contributed by atoms with E-state index in [1.165, 1.54) is 18.7 Å². The Hall–Kier alpha value is -3.02. The molecule has 166 valence electrons. The number of nitrogens with one attached hydrogen (secondary N) is 1. The third-order valence-electron chi connectivity index (χ3n) is 5.68. The normalized spacial score (nSPS) is 18.5. The van der Waals surface area contributed by atoms with Gasteiger partial charge in [-0.1, -0.05) is 32.0 Å². The monoisotopic (exact) mass is 425 g/mol. The van der Waals surface area contributed by atoms with Crippen molar-refractivity contribution in [2.24, 2.45) is 5.92 Å². The van der Waals surface area contributed by atoms with Crippen LogP contribution in [0.4, 0.5) is 5.69 Å². The molecule has 1 amide bonds. The van der Waals surface area contributed by atoms with E-state index in [9.17, 15) is 14.7 Å². The predicted molar refractivity (Wildman–Crippen MR) is 119 cm³/mol. The van der Waals surface area contributed by atoms with Crippen LogP contribution in [0.1, 0.15) is 56.6 Å². The molecule has 1 aliphatic carbocycles. The zero-order valence-corrected chi connectivity index (χ0v) is 18.4. The average Bonchev–Trinajstić information content (AvgIpc) is 2.75. The van der Waals surface area contributed by atoms with Gasteiger partial charge in [-0.2, -0.15) is 0 Å². The van der Waals surface area contributed by atoms with Gasteiger partial charge >= 0.3 is 5.97 Å². The molecule has 3 rings (SSSR count). The van der Waals surface area contributed by atoms with Crippen LogP contribution in [0.25, 0.3) is 0 Å². The van der Waals surface area contributed by atoms with E-state index in [4.69, 9.17) is 9.47 Å². The van der Waals surface area contributed by atoms with Crippen molar-refractivity contribution in [1.82, 2.24) is 0 Å². The van der Waals surface area contributed by atoms with Crippen molar-refractivity contribution in [3.63, 3.8) is 0 Å². The molecule has 0 atom stereocenters. The van der Waals surface area contributed by atoms with Gasteiger partial charge in [0.2, 0.25) is 5.91 Å². The molecule has 2 aromatic rings. The van der Waals surface area contributed by atoms with Crippen molar-refractivity contribution in [2.75, 3.05) is 12.4 Å². The number of anilines is 1. The van der Waals surface area contributed by atoms with E-state index in [1.54, 1.807) is 12.1 Å². The fraction of sp³-hybridized carbons (Fsp3) is 0.440. The number of carbonyl (C=O) groups excluding carboxylic acids is 2. The number of carbonyl (C=O) groups is 2. The molecule has 1 aliphatic rings. The summed E-state index contributed by atoms with van der Waals surface area (Å²) < 4.78 is 10.7. The summed E-state index contributed by atoms with van der Waals surface area (Å²) in [6.45, 7) is 3.71. The van der Waals surface area contributed by atoms with Gasteiger partial charge in [0.05, 0.1) is 19.4 Å². The molecule has 1 fully saturated rings. The summed E-state index contributed by atoms with van der Waals surface area (Å²) in [5.74, 6) is 0.441. The lowest BCUT2D eigenvalue weighted by Crippen LogP contribution is -2.26. The van der Waals surface area contributed by atoms with Gasteiger partial charge in [0.25, 0.3) is 0 Å². The third-order valence-corrected chi connectivity index (χ3v) is 5.68. The second-order valence-corrected chi connectivity index (χ2v) is 8.42. The van der Waals surface area contributed by atoms with Crippen molar-refractivity contribution in [2.45, 2.75) is 58.0 Å². The molecule has 0 spiro atoms. The first-order valence-corrected chi connectivity index (χ1v) is 10.8. The number of ether oxygens (including phenoxy) is 2. The topological polar surface area (TPSA) is 84.9 Å². The van der Waals surface area contributed by atoms with Crippen molar-refractivity contribution in [1.29, 1.82) is 0 Å². The highest BCUT2D eigenvalue weighted by Crippen LogP contribution is 2.35. The first kappa shape index (κ1) is 22.7. The van der Waals surface area contributed by atoms with Gasteiger partial charge in [0.1, 0.15) is 6.10 Å². The maximum Gasteiger partial charge on any atom is 0.308 e. The van der Waals surface area contributed by atoms with Crippen LogP contribution in [0, 0.1) is 5.92 Å². The van der Waals surface area contributed by atoms with Crippen LogP contribution in [-0.4, -0.2) is 30.2 Å². The highest BCUT2D eigenvalue weighted by Gasteiger charge is 2.25. The number of esters is 1. The summed E-state index contributed by atoms with van der Waals surface area (Å²) in [7, 11) is 1.48. The Morgan fingerprint density at radius 2 is 1.84 bits per heavy atom. The summed E-state index contributed by atoms with van der Waals surface area (Å²) in [5, 5.41) is 12.6. The SMILES string of the molecule is COc1cc(CC(=O)Nc2cccc([C@H]3CC[C@H](OC(=O)C(C)C)CC3)c2)ccc1O. The molecular weight excluding hydrogens is 394 g/mol. The second kappa shape index (κ2) is 10.3. The molecule has 6 heteroatoms. The highest BCUT2D eigenvalue weighted by atomic mass is 16.5. The van der Waals surface area contributed by atoms with Crippen molar-refractivity contribution < 1.29 is 24.2 Å². The number of hydrogen-bond acceptors (Lipinski definition) is 5. The van der Waals surface area contributed by atoms with E-state index in [0.29, 0.717) is 11.7 Å². The van der Waals surface area contributed by atoms with Crippen LogP contribution < -0.4 is 10.1 Å².